The van der Waals surface area contributed by atoms with Crippen LogP contribution in [0.4, 0.5) is 5.69 Å². The Hall–Kier alpha value is -2.00. The highest BCUT2D eigenvalue weighted by Crippen LogP contribution is 2.22. The van der Waals surface area contributed by atoms with Crippen LogP contribution < -0.4 is 10.1 Å². The Kier molecular flexibility index (Phi) is 4.86. The maximum atomic E-state index is 12.2. The van der Waals surface area contributed by atoms with Gasteiger partial charge in [0.05, 0.1) is 10.7 Å². The molecule has 1 atom stereocenters. The van der Waals surface area contributed by atoms with Gasteiger partial charge < -0.3 is 10.1 Å². The van der Waals surface area contributed by atoms with Gasteiger partial charge in [-0.05, 0) is 44.5 Å². The molecule has 0 heterocycles. The molecule has 21 heavy (non-hydrogen) atoms. The molecule has 4 heteroatoms. The molecule has 0 unspecified atom stereocenters. The maximum Gasteiger partial charge on any atom is 0.265 e. The fourth-order valence-electron chi connectivity index (χ4n) is 1.97. The van der Waals surface area contributed by atoms with Crippen LogP contribution in [0.3, 0.4) is 0 Å². The van der Waals surface area contributed by atoms with Gasteiger partial charge in [0.15, 0.2) is 6.10 Å². The number of para-hydroxylation sites is 1. The first-order chi connectivity index (χ1) is 9.97. The first-order valence-corrected chi connectivity index (χ1v) is 7.14. The topological polar surface area (TPSA) is 38.3 Å². The maximum absolute atomic E-state index is 12.2. The Balaban J connectivity index is 2.04. The molecule has 0 aliphatic heterocycles. The highest BCUT2D eigenvalue weighted by molar-refractivity contribution is 6.33. The zero-order valence-corrected chi connectivity index (χ0v) is 13.1. The number of ether oxygens (including phenoxy) is 1. The van der Waals surface area contributed by atoms with E-state index in [0.29, 0.717) is 16.5 Å². The van der Waals surface area contributed by atoms with E-state index in [4.69, 9.17) is 16.3 Å². The van der Waals surface area contributed by atoms with Crippen LogP contribution in [-0.4, -0.2) is 12.0 Å². The van der Waals surface area contributed by atoms with Gasteiger partial charge in [0, 0.05) is 0 Å². The Labute approximate surface area is 129 Å². The molecule has 0 spiro atoms. The molecule has 0 fully saturated rings. The van der Waals surface area contributed by atoms with Crippen molar-refractivity contribution in [1.82, 2.24) is 0 Å². The largest absolute Gasteiger partial charge is 0.481 e. The van der Waals surface area contributed by atoms with Crippen LogP contribution in [0.2, 0.25) is 5.02 Å². The second-order valence-corrected chi connectivity index (χ2v) is 5.41. The number of benzene rings is 2. The van der Waals surface area contributed by atoms with Gasteiger partial charge in [-0.15, -0.1) is 0 Å². The summed E-state index contributed by atoms with van der Waals surface area (Å²) in [6.45, 7) is 5.69. The van der Waals surface area contributed by atoms with Crippen LogP contribution in [0.25, 0.3) is 0 Å². The molecular formula is C17H18ClNO2. The molecule has 0 radical (unpaired) electrons. The summed E-state index contributed by atoms with van der Waals surface area (Å²) in [5, 5.41) is 3.27. The number of carbonyl (C=O) groups excluding carboxylic acids is 1. The van der Waals surface area contributed by atoms with Gasteiger partial charge in [0.2, 0.25) is 0 Å². The molecule has 0 saturated heterocycles. The van der Waals surface area contributed by atoms with Crippen molar-refractivity contribution in [3.05, 3.63) is 58.6 Å². The van der Waals surface area contributed by atoms with E-state index in [2.05, 4.69) is 5.32 Å². The molecule has 0 aliphatic rings. The van der Waals surface area contributed by atoms with Crippen molar-refractivity contribution in [2.24, 2.45) is 0 Å². The smallest absolute Gasteiger partial charge is 0.265 e. The molecular weight excluding hydrogens is 286 g/mol. The van der Waals surface area contributed by atoms with Crippen LogP contribution in [0.1, 0.15) is 18.1 Å². The Morgan fingerprint density at radius 3 is 2.57 bits per heavy atom. The molecule has 2 rings (SSSR count). The molecule has 3 nitrogen and oxygen atoms in total. The monoisotopic (exact) mass is 303 g/mol. The van der Waals surface area contributed by atoms with Gasteiger partial charge in [-0.3, -0.25) is 4.79 Å². The molecule has 1 N–H and O–H groups in total. The summed E-state index contributed by atoms with van der Waals surface area (Å²) < 4.78 is 5.72. The second-order valence-electron chi connectivity index (χ2n) is 5.00. The second kappa shape index (κ2) is 6.64. The molecule has 0 aliphatic carbocycles. The number of hydrogen-bond acceptors (Lipinski definition) is 2. The van der Waals surface area contributed by atoms with E-state index in [1.165, 1.54) is 0 Å². The van der Waals surface area contributed by atoms with Crippen LogP contribution in [0, 0.1) is 13.8 Å². The fourth-order valence-corrected chi connectivity index (χ4v) is 2.16. The Bertz CT molecular complexity index is 655. The minimum absolute atomic E-state index is 0.233. The average Bonchev–Trinajstić information content (AvgIpc) is 2.44. The summed E-state index contributed by atoms with van der Waals surface area (Å²) in [5.74, 6) is 0.477. The SMILES string of the molecule is Cc1ccc(O[C@H](C)C(=O)Nc2ccccc2Cl)c(C)c1. The molecule has 0 bridgehead atoms. The predicted octanol–water partition coefficient (Wildman–Crippen LogP) is 4.36. The summed E-state index contributed by atoms with van der Waals surface area (Å²) in [4.78, 5) is 12.2. The third kappa shape index (κ3) is 3.99. The summed E-state index contributed by atoms with van der Waals surface area (Å²) >= 11 is 6.02. The number of amides is 1. The van der Waals surface area contributed by atoms with E-state index < -0.39 is 6.10 Å². The number of aryl methyl sites for hydroxylation is 2. The third-order valence-corrected chi connectivity index (χ3v) is 3.46. The zero-order chi connectivity index (χ0) is 15.4. The van der Waals surface area contributed by atoms with E-state index in [0.717, 1.165) is 11.1 Å². The third-order valence-electron chi connectivity index (χ3n) is 3.14. The number of rotatable bonds is 4. The lowest BCUT2D eigenvalue weighted by atomic mass is 10.1. The van der Waals surface area contributed by atoms with Crippen molar-refractivity contribution in [1.29, 1.82) is 0 Å². The molecule has 110 valence electrons. The van der Waals surface area contributed by atoms with Crippen LogP contribution in [-0.2, 0) is 4.79 Å². The zero-order valence-electron chi connectivity index (χ0n) is 12.3. The minimum atomic E-state index is -0.609. The van der Waals surface area contributed by atoms with Gasteiger partial charge in [-0.2, -0.15) is 0 Å². The van der Waals surface area contributed by atoms with Crippen LogP contribution >= 0.6 is 11.6 Å². The van der Waals surface area contributed by atoms with Gasteiger partial charge in [0.1, 0.15) is 5.75 Å². The van der Waals surface area contributed by atoms with Gasteiger partial charge in [-0.25, -0.2) is 0 Å². The minimum Gasteiger partial charge on any atom is -0.481 e. The van der Waals surface area contributed by atoms with Crippen molar-refractivity contribution in [2.45, 2.75) is 26.9 Å². The molecule has 2 aromatic carbocycles. The van der Waals surface area contributed by atoms with E-state index in [1.807, 2.05) is 44.2 Å². The van der Waals surface area contributed by atoms with E-state index in [-0.39, 0.29) is 5.91 Å². The Morgan fingerprint density at radius 2 is 1.90 bits per heavy atom. The first kappa shape index (κ1) is 15.4. The lowest BCUT2D eigenvalue weighted by Gasteiger charge is -2.17. The highest BCUT2D eigenvalue weighted by Gasteiger charge is 2.16. The van der Waals surface area contributed by atoms with E-state index >= 15 is 0 Å². The van der Waals surface area contributed by atoms with Crippen molar-refractivity contribution < 1.29 is 9.53 Å². The lowest BCUT2D eigenvalue weighted by molar-refractivity contribution is -0.122. The van der Waals surface area contributed by atoms with E-state index in [1.54, 1.807) is 19.1 Å². The standard InChI is InChI=1S/C17H18ClNO2/c1-11-8-9-16(12(2)10-11)21-13(3)17(20)19-15-7-5-4-6-14(15)18/h4-10,13H,1-3H3,(H,19,20)/t13-/m1/s1. The first-order valence-electron chi connectivity index (χ1n) is 6.76. The lowest BCUT2D eigenvalue weighted by Crippen LogP contribution is -2.30. The fraction of sp³-hybridized carbons (Fsp3) is 0.235. The van der Waals surface area contributed by atoms with Crippen molar-refractivity contribution >= 4 is 23.2 Å². The number of hydrogen-bond donors (Lipinski definition) is 1. The summed E-state index contributed by atoms with van der Waals surface area (Å²) in [6.07, 6.45) is -0.609. The average molecular weight is 304 g/mol. The molecule has 0 saturated carbocycles. The molecule has 1 amide bonds. The summed E-state index contributed by atoms with van der Waals surface area (Å²) in [5.41, 5.74) is 2.75. The van der Waals surface area contributed by atoms with Crippen molar-refractivity contribution in [2.75, 3.05) is 5.32 Å². The predicted molar refractivity (Wildman–Crippen MR) is 86.1 cm³/mol. The van der Waals surface area contributed by atoms with Crippen molar-refractivity contribution in [3.63, 3.8) is 0 Å². The molecule has 2 aromatic rings. The quantitative estimate of drug-likeness (QED) is 0.911. The number of nitrogens with one attached hydrogen (secondary N) is 1. The van der Waals surface area contributed by atoms with Gasteiger partial charge in [0.25, 0.3) is 5.91 Å². The number of halogens is 1. The summed E-state index contributed by atoms with van der Waals surface area (Å²) in [7, 11) is 0. The molecule has 0 aromatic heterocycles. The van der Waals surface area contributed by atoms with Crippen LogP contribution in [0.5, 0.6) is 5.75 Å². The van der Waals surface area contributed by atoms with E-state index in [9.17, 15) is 4.79 Å². The van der Waals surface area contributed by atoms with Crippen LogP contribution in [0.15, 0.2) is 42.5 Å². The number of anilines is 1. The Morgan fingerprint density at radius 1 is 1.19 bits per heavy atom. The van der Waals surface area contributed by atoms with Gasteiger partial charge in [-0.1, -0.05) is 41.4 Å². The van der Waals surface area contributed by atoms with Gasteiger partial charge >= 0.3 is 0 Å². The van der Waals surface area contributed by atoms with Crippen molar-refractivity contribution in [3.8, 4) is 5.75 Å². The summed E-state index contributed by atoms with van der Waals surface area (Å²) in [6, 6.07) is 13.0. The highest BCUT2D eigenvalue weighted by atomic mass is 35.5. The number of carbonyl (C=O) groups is 1. The normalized spacial score (nSPS) is 11.8.